The third-order valence-corrected chi connectivity index (χ3v) is 3.02. The largest absolute Gasteiger partial charge is 0.492 e. The fraction of sp³-hybridized carbons (Fsp3) is 0.188. The van der Waals surface area contributed by atoms with Gasteiger partial charge in [-0.3, -0.25) is 0 Å². The lowest BCUT2D eigenvalue weighted by atomic mass is 10.1. The number of benzene rings is 1. The molecule has 4 heteroatoms. The number of terminal acetylenes is 1. The Morgan fingerprint density at radius 1 is 1.20 bits per heavy atom. The summed E-state index contributed by atoms with van der Waals surface area (Å²) in [7, 11) is 0. The lowest BCUT2D eigenvalue weighted by Crippen LogP contribution is -2.00. The van der Waals surface area contributed by atoms with Crippen LogP contribution >= 0.6 is 0 Å². The van der Waals surface area contributed by atoms with Crippen molar-refractivity contribution in [2.24, 2.45) is 0 Å². The summed E-state index contributed by atoms with van der Waals surface area (Å²) in [5.74, 6) is 3.23. The molecule has 0 radical (unpaired) electrons. The molecule has 0 saturated heterocycles. The smallest absolute Gasteiger partial charge is 0.336 e. The van der Waals surface area contributed by atoms with Crippen LogP contribution in [-0.2, 0) is 0 Å². The summed E-state index contributed by atoms with van der Waals surface area (Å²) in [6.07, 6.45) is 8.23. The molecule has 0 bridgehead atoms. The first-order chi connectivity index (χ1) is 9.79. The van der Waals surface area contributed by atoms with Gasteiger partial charge in [0.1, 0.15) is 16.9 Å². The van der Waals surface area contributed by atoms with Crippen LogP contribution in [0.4, 0.5) is 0 Å². The van der Waals surface area contributed by atoms with Crippen molar-refractivity contribution in [1.82, 2.24) is 0 Å². The third kappa shape index (κ3) is 2.14. The van der Waals surface area contributed by atoms with Crippen molar-refractivity contribution in [2.75, 3.05) is 6.61 Å². The first kappa shape index (κ1) is 12.4. The SMILES string of the molecule is C#CCCCOc1c2ccoc2cc2oc(=O)ccc12. The number of hydrogen-bond donors (Lipinski definition) is 0. The Labute approximate surface area is 114 Å². The molecule has 0 spiro atoms. The summed E-state index contributed by atoms with van der Waals surface area (Å²) in [5.41, 5.74) is 0.674. The maximum Gasteiger partial charge on any atom is 0.336 e. The van der Waals surface area contributed by atoms with Gasteiger partial charge in [-0.15, -0.1) is 12.3 Å². The number of rotatable bonds is 4. The second kappa shape index (κ2) is 5.14. The Morgan fingerprint density at radius 2 is 2.05 bits per heavy atom. The number of hydrogen-bond acceptors (Lipinski definition) is 4. The van der Waals surface area contributed by atoms with E-state index in [1.54, 1.807) is 18.4 Å². The van der Waals surface area contributed by atoms with Crippen LogP contribution in [0.5, 0.6) is 5.75 Å². The van der Waals surface area contributed by atoms with Crippen LogP contribution in [0.15, 0.2) is 44.2 Å². The van der Waals surface area contributed by atoms with E-state index < -0.39 is 5.63 Å². The number of ether oxygens (including phenoxy) is 1. The van der Waals surface area contributed by atoms with Crippen LogP contribution in [0.3, 0.4) is 0 Å². The average molecular weight is 268 g/mol. The summed E-state index contributed by atoms with van der Waals surface area (Å²) < 4.78 is 16.4. The predicted octanol–water partition coefficient (Wildman–Crippen LogP) is 3.33. The predicted molar refractivity (Wildman–Crippen MR) is 75.8 cm³/mol. The van der Waals surface area contributed by atoms with Gasteiger partial charge in [-0.05, 0) is 18.6 Å². The third-order valence-electron chi connectivity index (χ3n) is 3.02. The molecule has 0 atom stereocenters. The van der Waals surface area contributed by atoms with Crippen LogP contribution in [0.25, 0.3) is 21.9 Å². The Balaban J connectivity index is 2.11. The quantitative estimate of drug-likeness (QED) is 0.414. The first-order valence-electron chi connectivity index (χ1n) is 6.30. The van der Waals surface area contributed by atoms with Gasteiger partial charge in [-0.1, -0.05) is 0 Å². The van der Waals surface area contributed by atoms with Gasteiger partial charge in [-0.25, -0.2) is 4.79 Å². The summed E-state index contributed by atoms with van der Waals surface area (Å²) in [6, 6.07) is 6.60. The van der Waals surface area contributed by atoms with Gasteiger partial charge in [0.05, 0.1) is 23.6 Å². The Morgan fingerprint density at radius 3 is 2.90 bits per heavy atom. The maximum absolute atomic E-state index is 11.3. The normalized spacial score (nSPS) is 10.8. The summed E-state index contributed by atoms with van der Waals surface area (Å²) in [5, 5.41) is 1.60. The van der Waals surface area contributed by atoms with Crippen molar-refractivity contribution in [3.05, 3.63) is 40.9 Å². The second-order valence-corrected chi connectivity index (χ2v) is 4.36. The fourth-order valence-electron chi connectivity index (χ4n) is 2.11. The van der Waals surface area contributed by atoms with E-state index in [-0.39, 0.29) is 0 Å². The highest BCUT2D eigenvalue weighted by molar-refractivity contribution is 6.01. The lowest BCUT2D eigenvalue weighted by Gasteiger charge is -2.09. The van der Waals surface area contributed by atoms with Crippen LogP contribution in [0.2, 0.25) is 0 Å². The fourth-order valence-corrected chi connectivity index (χ4v) is 2.11. The molecule has 0 saturated carbocycles. The van der Waals surface area contributed by atoms with Gasteiger partial charge in [0.15, 0.2) is 0 Å². The molecule has 3 aromatic rings. The van der Waals surface area contributed by atoms with E-state index in [9.17, 15) is 4.79 Å². The molecule has 100 valence electrons. The Hall–Kier alpha value is -2.67. The van der Waals surface area contributed by atoms with E-state index in [0.717, 1.165) is 17.2 Å². The zero-order chi connectivity index (χ0) is 13.9. The van der Waals surface area contributed by atoms with Crippen LogP contribution in [0.1, 0.15) is 12.8 Å². The van der Waals surface area contributed by atoms with Gasteiger partial charge in [0.2, 0.25) is 0 Å². The summed E-state index contributed by atoms with van der Waals surface area (Å²) in [6.45, 7) is 0.503. The van der Waals surface area contributed by atoms with E-state index in [4.69, 9.17) is 20.0 Å². The van der Waals surface area contributed by atoms with Crippen LogP contribution in [0, 0.1) is 12.3 Å². The molecule has 4 nitrogen and oxygen atoms in total. The van der Waals surface area contributed by atoms with E-state index in [1.165, 1.54) is 6.07 Å². The van der Waals surface area contributed by atoms with Crippen LogP contribution < -0.4 is 10.4 Å². The van der Waals surface area contributed by atoms with E-state index in [2.05, 4.69) is 5.92 Å². The molecule has 3 rings (SSSR count). The van der Waals surface area contributed by atoms with Crippen molar-refractivity contribution in [2.45, 2.75) is 12.8 Å². The average Bonchev–Trinajstić information content (AvgIpc) is 2.90. The highest BCUT2D eigenvalue weighted by atomic mass is 16.5. The molecule has 1 aromatic carbocycles. The molecular formula is C16H12O4. The molecule has 0 aliphatic carbocycles. The van der Waals surface area contributed by atoms with E-state index in [0.29, 0.717) is 29.9 Å². The molecule has 0 aliphatic rings. The molecule has 20 heavy (non-hydrogen) atoms. The minimum absolute atomic E-state index is 0.401. The molecule has 0 unspecified atom stereocenters. The second-order valence-electron chi connectivity index (χ2n) is 4.36. The summed E-state index contributed by atoms with van der Waals surface area (Å²) >= 11 is 0. The van der Waals surface area contributed by atoms with Crippen molar-refractivity contribution in [1.29, 1.82) is 0 Å². The maximum atomic E-state index is 11.3. The van der Waals surface area contributed by atoms with Crippen molar-refractivity contribution in [3.8, 4) is 18.1 Å². The summed E-state index contributed by atoms with van der Waals surface area (Å²) in [4.78, 5) is 11.3. The van der Waals surface area contributed by atoms with Crippen LogP contribution in [-0.4, -0.2) is 6.61 Å². The number of fused-ring (bicyclic) bond motifs is 2. The van der Waals surface area contributed by atoms with E-state index >= 15 is 0 Å². The standard InChI is InChI=1S/C16H12O4/c1-2-3-4-8-19-16-11-5-6-15(17)20-14(11)10-13-12(16)7-9-18-13/h1,5-7,9-10H,3-4,8H2. The first-order valence-corrected chi connectivity index (χ1v) is 6.30. The zero-order valence-corrected chi connectivity index (χ0v) is 10.7. The van der Waals surface area contributed by atoms with Crippen molar-refractivity contribution >= 4 is 21.9 Å². The molecule has 0 aliphatic heterocycles. The monoisotopic (exact) mass is 268 g/mol. The minimum atomic E-state index is -0.401. The topological polar surface area (TPSA) is 52.6 Å². The van der Waals surface area contributed by atoms with Gasteiger partial charge in [-0.2, -0.15) is 0 Å². The molecule has 0 N–H and O–H groups in total. The van der Waals surface area contributed by atoms with Crippen molar-refractivity contribution in [3.63, 3.8) is 0 Å². The Bertz CT molecular complexity index is 848. The highest BCUT2D eigenvalue weighted by Crippen LogP contribution is 2.35. The molecule has 0 amide bonds. The van der Waals surface area contributed by atoms with Gasteiger partial charge in [0, 0.05) is 18.6 Å². The van der Waals surface area contributed by atoms with Gasteiger partial charge in [0.25, 0.3) is 0 Å². The number of unbranched alkanes of at least 4 members (excludes halogenated alkanes) is 1. The van der Waals surface area contributed by atoms with Gasteiger partial charge >= 0.3 is 5.63 Å². The molecule has 0 fully saturated rings. The minimum Gasteiger partial charge on any atom is -0.492 e. The van der Waals surface area contributed by atoms with Gasteiger partial charge < -0.3 is 13.6 Å². The zero-order valence-electron chi connectivity index (χ0n) is 10.7. The Kier molecular flexibility index (Phi) is 3.18. The lowest BCUT2D eigenvalue weighted by molar-refractivity contribution is 0.319. The van der Waals surface area contributed by atoms with E-state index in [1.807, 2.05) is 6.07 Å². The van der Waals surface area contributed by atoms with Crippen molar-refractivity contribution < 1.29 is 13.6 Å². The molecular weight excluding hydrogens is 256 g/mol. The highest BCUT2D eigenvalue weighted by Gasteiger charge is 2.12. The molecule has 2 aromatic heterocycles. The molecule has 2 heterocycles. The number of furan rings is 1.